The average molecular weight is 1040 g/mol. The van der Waals surface area contributed by atoms with E-state index in [4.69, 9.17) is 33.0 Å². The number of ketones is 1. The lowest BCUT2D eigenvalue weighted by molar-refractivity contribution is -0.296. The van der Waals surface area contributed by atoms with Crippen molar-refractivity contribution >= 4 is 54.0 Å². The maximum absolute atomic E-state index is 17.0. The van der Waals surface area contributed by atoms with Crippen LogP contribution in [0.25, 0.3) is 10.6 Å². The lowest BCUT2D eigenvalue weighted by Crippen LogP contribution is -2.61. The summed E-state index contributed by atoms with van der Waals surface area (Å²) in [5.74, 6) is -6.02. The molecule has 5 heterocycles. The molecule has 0 aromatic carbocycles. The van der Waals surface area contributed by atoms with Gasteiger partial charge in [-0.2, -0.15) is 0 Å². The highest BCUT2D eigenvalue weighted by atomic mass is 32.1. The van der Waals surface area contributed by atoms with Crippen molar-refractivity contribution in [2.45, 2.75) is 174 Å². The van der Waals surface area contributed by atoms with Crippen LogP contribution in [0.4, 0.5) is 10.2 Å². The highest BCUT2D eigenvalue weighted by Gasteiger charge is 2.57. The number of carbonyl (C=O) groups excluding carboxylic acids is 3. The van der Waals surface area contributed by atoms with Crippen LogP contribution in [0.2, 0.25) is 0 Å². The van der Waals surface area contributed by atoms with E-state index in [1.165, 1.54) is 25.2 Å². The van der Waals surface area contributed by atoms with Gasteiger partial charge < -0.3 is 48.5 Å². The van der Waals surface area contributed by atoms with E-state index < -0.39 is 103 Å². The first-order valence-electron chi connectivity index (χ1n) is 24.3. The minimum atomic E-state index is -4.11. The number of aromatic nitrogens is 2. The normalized spacial score (nSPS) is 35.6. The number of aliphatic imine (C=N–C) groups is 1. The quantitative estimate of drug-likeness (QED) is 0.0491. The molecular weight excluding hydrogens is 967 g/mol. The zero-order valence-electron chi connectivity index (χ0n) is 43.0. The highest BCUT2D eigenvalue weighted by Crippen LogP contribution is 2.44. The van der Waals surface area contributed by atoms with Gasteiger partial charge in [-0.1, -0.05) is 53.1 Å². The van der Waals surface area contributed by atoms with E-state index in [0.717, 1.165) is 13.3 Å². The van der Waals surface area contributed by atoms with E-state index in [9.17, 15) is 34.1 Å². The summed E-state index contributed by atoms with van der Waals surface area (Å²) in [6.07, 6.45) is -3.73. The number of pyridine rings is 1. The summed E-state index contributed by atoms with van der Waals surface area (Å²) in [7, 11) is -0.499. The maximum atomic E-state index is 17.0. The van der Waals surface area contributed by atoms with Crippen molar-refractivity contribution in [2.24, 2.45) is 27.9 Å². The molecule has 1 amide bonds. The van der Waals surface area contributed by atoms with Crippen molar-refractivity contribution in [1.82, 2.24) is 14.9 Å². The molecule has 0 spiro atoms. The Hall–Kier alpha value is -3.67. The number of halogens is 1. The minimum Gasteiger partial charge on any atom is -0.457 e. The van der Waals surface area contributed by atoms with E-state index in [0.29, 0.717) is 34.8 Å². The number of hydrogen-bond acceptors (Lipinski definition) is 18. The summed E-state index contributed by atoms with van der Waals surface area (Å²) in [6, 6.07) is 3.01. The number of nitrogens with one attached hydrogen (secondary N) is 1. The van der Waals surface area contributed by atoms with E-state index in [1.807, 2.05) is 25.7 Å². The number of anilines is 1. The predicted molar refractivity (Wildman–Crippen MR) is 263 cm³/mol. The molecule has 3 fully saturated rings. The monoisotopic (exact) mass is 1040 g/mol. The lowest BCUT2D eigenvalue weighted by Gasteiger charge is -2.47. The van der Waals surface area contributed by atoms with Gasteiger partial charge in [0.1, 0.15) is 34.3 Å². The van der Waals surface area contributed by atoms with Gasteiger partial charge in [0.05, 0.1) is 49.4 Å². The molecule has 3 saturated heterocycles. The van der Waals surface area contributed by atoms with Crippen LogP contribution in [0.5, 0.6) is 0 Å². The Morgan fingerprint density at radius 1 is 1.10 bits per heavy atom. The molecule has 3 aliphatic rings. The number of aliphatic hydroxyl groups excluding tert-OH is 1. The van der Waals surface area contributed by atoms with E-state index in [1.54, 1.807) is 65.5 Å². The fourth-order valence-corrected chi connectivity index (χ4v) is 11.1. The topological polar surface area (TPSA) is 259 Å². The number of likely N-dealkylation sites (N-methyl/N-ethyl adjacent to an activating group) is 1. The highest BCUT2D eigenvalue weighted by molar-refractivity contribution is 7.54. The number of fused-ring (bicyclic) bond motifs is 5. The molecule has 0 aliphatic carbocycles. The van der Waals surface area contributed by atoms with Gasteiger partial charge >= 0.3 is 13.7 Å². The molecule has 14 atom stereocenters. The van der Waals surface area contributed by atoms with Crippen LogP contribution >= 0.6 is 19.1 Å². The molecule has 71 heavy (non-hydrogen) atoms. The molecular formula is C48H74FN6O14PS. The zero-order chi connectivity index (χ0) is 52.6. The minimum absolute atomic E-state index is 0.0302. The number of oxime groups is 1. The third-order valence-corrected chi connectivity index (χ3v) is 15.3. The molecule has 398 valence electrons. The van der Waals surface area contributed by atoms with Gasteiger partial charge in [-0.25, -0.2) is 23.7 Å². The average Bonchev–Trinajstić information content (AvgIpc) is 3.77. The largest absolute Gasteiger partial charge is 0.457 e. The van der Waals surface area contributed by atoms with Gasteiger partial charge in [0.15, 0.2) is 18.7 Å². The Labute approximate surface area is 420 Å². The molecule has 2 aromatic heterocycles. The number of hydrogen-bond donors (Lipinski definition) is 4. The number of alkyl halides is 1. The Bertz CT molecular complexity index is 2250. The predicted octanol–water partition coefficient (Wildman–Crippen LogP) is 6.45. The van der Waals surface area contributed by atoms with Crippen molar-refractivity contribution in [2.75, 3.05) is 39.0 Å². The smallest absolute Gasteiger partial charge is 0.431 e. The first-order valence-corrected chi connectivity index (χ1v) is 26.8. The van der Waals surface area contributed by atoms with E-state index >= 15 is 4.39 Å². The van der Waals surface area contributed by atoms with Crippen molar-refractivity contribution in [1.29, 1.82) is 0 Å². The van der Waals surface area contributed by atoms with Gasteiger partial charge in [-0.3, -0.25) is 24.2 Å². The molecule has 1 unspecified atom stereocenters. The first-order chi connectivity index (χ1) is 33.3. The molecule has 20 nitrogen and oxygen atoms in total. The summed E-state index contributed by atoms with van der Waals surface area (Å²) in [4.78, 5) is 73.1. The third-order valence-electron chi connectivity index (χ3n) is 13.4. The van der Waals surface area contributed by atoms with Crippen LogP contribution < -0.4 is 5.09 Å². The number of ether oxygens (including phenoxy) is 5. The second kappa shape index (κ2) is 24.6. The van der Waals surface area contributed by atoms with Crippen LogP contribution in [0.15, 0.2) is 33.9 Å². The van der Waals surface area contributed by atoms with Crippen LogP contribution in [-0.2, 0) is 58.6 Å². The first kappa shape index (κ1) is 58.2. The Morgan fingerprint density at radius 3 is 2.45 bits per heavy atom. The van der Waals surface area contributed by atoms with E-state index in [-0.39, 0.29) is 57.2 Å². The Kier molecular flexibility index (Phi) is 20.2. The zero-order valence-corrected chi connectivity index (χ0v) is 44.7. The number of Topliss-reactive ketones (excluding diaryl/α,β-unsaturated/α-hetero) is 1. The number of carbonyl (C=O) groups is 3. The summed E-state index contributed by atoms with van der Waals surface area (Å²) in [5.41, 5.74) is -5.41. The molecule has 0 radical (unpaired) electrons. The number of rotatable bonds is 15. The number of cyclic esters (lactones) is 1. The molecule has 5 rings (SSSR count). The molecule has 0 saturated carbocycles. The van der Waals surface area contributed by atoms with Crippen LogP contribution in [0.1, 0.15) is 113 Å². The standard InChI is InChI=1S/C48H74FN6O14PS/c1-13-16-19-66-70(61,62)54-36-26-71-43(51-36)31-17-18-32(50-22-31)25-65-53-33-23-63-42-29(6)38(52-37(56)15-3)27(4)21-46(8,64-24-33)41(69-44-39(57)34(55(11)12)20-28(5)67-44)30(7)40(58)47(9,49)45(59)68-35(14-2)48(42,10)60/h17-18,22,26-30,34-35,39,41-42,44,57,60H,13-16,19-21,23-25H2,1-12H3,(H2,54,61,62)/b52-38?,53-33+/t27-,28-,29+,30+,34+,35-,39-,41-,42-,44+,46-,47+,48-/m1/s1. The number of nitrogens with zero attached hydrogens (tertiary/aromatic N) is 5. The number of esters is 1. The third kappa shape index (κ3) is 14.3. The SMILES string of the molecule is CCCCOP(=O)(O)Nc1csc(-c2ccc(CO/N=C3\CO[C@@H]4[C@@H](C)C(=NC(=O)CC)[C@H](C)C[C@@](C)(OC3)[C@H](O[C@@H]3O[C@H](C)C[C@H](N(C)C)[C@H]3O)[C@@H](C)C(=O)[C@](C)(F)C(=O)O[C@H](CC)[C@@]4(C)O)nc2)n1. The van der Waals surface area contributed by atoms with Crippen molar-refractivity contribution in [3.05, 3.63) is 29.4 Å². The molecule has 2 bridgehead atoms. The summed E-state index contributed by atoms with van der Waals surface area (Å²) in [5, 5.41) is 33.2. The maximum Gasteiger partial charge on any atom is 0.431 e. The molecule has 4 N–H and O–H groups in total. The van der Waals surface area contributed by atoms with Gasteiger partial charge in [0.2, 0.25) is 5.91 Å². The molecule has 23 heteroatoms. The van der Waals surface area contributed by atoms with Crippen molar-refractivity contribution < 1.29 is 71.5 Å². The van der Waals surface area contributed by atoms with Gasteiger partial charge in [-0.15, -0.1) is 11.3 Å². The number of amides is 1. The number of thiazole rings is 1. The second-order valence-corrected chi connectivity index (χ2v) is 22.0. The number of unbranched alkanes of at least 4 members (excludes halogenated alkanes) is 1. The summed E-state index contributed by atoms with van der Waals surface area (Å²) < 4.78 is 66.6. The lowest BCUT2D eigenvalue weighted by atomic mass is 9.73. The summed E-state index contributed by atoms with van der Waals surface area (Å²) in [6.45, 7) is 15.1. The second-order valence-electron chi connectivity index (χ2n) is 19.6. The van der Waals surface area contributed by atoms with Crippen molar-refractivity contribution in [3.8, 4) is 10.6 Å². The van der Waals surface area contributed by atoms with Crippen LogP contribution in [-0.4, -0.2) is 153 Å². The van der Waals surface area contributed by atoms with Crippen LogP contribution in [0.3, 0.4) is 0 Å². The molecule has 2 aromatic rings. The molecule has 3 aliphatic heterocycles. The Morgan fingerprint density at radius 2 is 1.82 bits per heavy atom. The summed E-state index contributed by atoms with van der Waals surface area (Å²) >= 11 is 1.24. The van der Waals surface area contributed by atoms with Gasteiger partial charge in [0.25, 0.3) is 5.67 Å². The van der Waals surface area contributed by atoms with Gasteiger partial charge in [-0.05, 0) is 85.5 Å². The fraction of sp³-hybridized carbons (Fsp3) is 0.729. The van der Waals surface area contributed by atoms with Gasteiger partial charge in [0, 0.05) is 47.2 Å². The van der Waals surface area contributed by atoms with Crippen molar-refractivity contribution in [3.63, 3.8) is 0 Å². The number of aliphatic hydroxyl groups is 2. The van der Waals surface area contributed by atoms with Crippen LogP contribution in [0, 0.1) is 17.8 Å². The fourth-order valence-electron chi connectivity index (χ4n) is 9.44. The Balaban J connectivity index is 1.57. The van der Waals surface area contributed by atoms with E-state index in [2.05, 4.69) is 25.2 Å².